The average Bonchev–Trinajstić information content (AvgIpc) is 2.42. The van der Waals surface area contributed by atoms with Crippen molar-refractivity contribution in [2.24, 2.45) is 0 Å². The lowest BCUT2D eigenvalue weighted by atomic mass is 9.95. The highest BCUT2D eigenvalue weighted by Crippen LogP contribution is 2.23. The molecule has 1 nitrogen and oxygen atoms in total. The molecule has 0 amide bonds. The van der Waals surface area contributed by atoms with Crippen LogP contribution >= 0.6 is 0 Å². The Bertz CT molecular complexity index is 648. The van der Waals surface area contributed by atoms with Gasteiger partial charge in [0.05, 0.1) is 0 Å². The number of hydrogen-bond donors (Lipinski definition) is 0. The Kier molecular flexibility index (Phi) is 3.61. The van der Waals surface area contributed by atoms with E-state index in [1.165, 1.54) is 13.8 Å². The molecule has 5 heteroatoms. The number of benzene rings is 2. The zero-order valence-corrected chi connectivity index (χ0v) is 10.7. The summed E-state index contributed by atoms with van der Waals surface area (Å²) in [5, 5.41) is 0. The molecule has 0 aliphatic rings. The van der Waals surface area contributed by atoms with Crippen molar-refractivity contribution >= 4 is 5.78 Å². The summed E-state index contributed by atoms with van der Waals surface area (Å²) in [4.78, 5) is 12.2. The summed E-state index contributed by atoms with van der Waals surface area (Å²) in [5.41, 5.74) is -0.505. The Morgan fingerprint density at radius 3 is 1.45 bits per heavy atom. The van der Waals surface area contributed by atoms with Gasteiger partial charge in [0, 0.05) is 11.1 Å². The summed E-state index contributed by atoms with van der Waals surface area (Å²) >= 11 is 0. The Hall–Kier alpha value is -2.17. The van der Waals surface area contributed by atoms with Crippen LogP contribution in [0, 0.1) is 37.1 Å². The fourth-order valence-corrected chi connectivity index (χ4v) is 1.94. The zero-order valence-electron chi connectivity index (χ0n) is 10.7. The Balaban J connectivity index is 2.58. The van der Waals surface area contributed by atoms with Gasteiger partial charge in [0.2, 0.25) is 0 Å². The predicted octanol–water partition coefficient (Wildman–Crippen LogP) is 4.09. The highest BCUT2D eigenvalue weighted by molar-refractivity contribution is 6.10. The summed E-state index contributed by atoms with van der Waals surface area (Å²) in [6, 6.07) is 3.89. The van der Waals surface area contributed by atoms with Crippen LogP contribution < -0.4 is 0 Å². The van der Waals surface area contributed by atoms with Crippen LogP contribution in [0.5, 0.6) is 0 Å². The first-order valence-corrected chi connectivity index (χ1v) is 5.78. The van der Waals surface area contributed by atoms with Gasteiger partial charge in [0.1, 0.15) is 0 Å². The second-order valence-corrected chi connectivity index (χ2v) is 4.40. The van der Waals surface area contributed by atoms with Crippen molar-refractivity contribution < 1.29 is 22.4 Å². The molecule has 2 rings (SSSR count). The molecule has 0 aromatic heterocycles. The standard InChI is InChI=1S/C15H10F4O/c1-7-9(3-5-11(16)13(7)18)15(20)10-4-6-12(17)14(19)8(10)2/h3-6H,1-2H3. The van der Waals surface area contributed by atoms with Crippen molar-refractivity contribution in [1.82, 2.24) is 0 Å². The number of carbonyl (C=O) groups excluding carboxylic acids is 1. The average molecular weight is 282 g/mol. The van der Waals surface area contributed by atoms with Gasteiger partial charge in [0.25, 0.3) is 0 Å². The number of rotatable bonds is 2. The quantitative estimate of drug-likeness (QED) is 0.599. The molecule has 0 unspecified atom stereocenters. The molecule has 104 valence electrons. The molecular weight excluding hydrogens is 272 g/mol. The fourth-order valence-electron chi connectivity index (χ4n) is 1.94. The smallest absolute Gasteiger partial charge is 0.193 e. The molecule has 2 aromatic carbocycles. The van der Waals surface area contributed by atoms with Gasteiger partial charge in [0.15, 0.2) is 29.1 Å². The van der Waals surface area contributed by atoms with Crippen molar-refractivity contribution in [2.45, 2.75) is 13.8 Å². The van der Waals surface area contributed by atoms with Gasteiger partial charge in [-0.15, -0.1) is 0 Å². The lowest BCUT2D eigenvalue weighted by Gasteiger charge is -2.09. The van der Waals surface area contributed by atoms with Crippen LogP contribution in [0.3, 0.4) is 0 Å². The Labute approximate surface area is 112 Å². The largest absolute Gasteiger partial charge is 0.289 e. The normalized spacial score (nSPS) is 10.7. The molecule has 0 aliphatic carbocycles. The Morgan fingerprint density at radius 1 is 0.750 bits per heavy atom. The van der Waals surface area contributed by atoms with Crippen LogP contribution in [0.4, 0.5) is 17.6 Å². The monoisotopic (exact) mass is 282 g/mol. The molecule has 0 aliphatic heterocycles. The minimum atomic E-state index is -1.13. The zero-order chi connectivity index (χ0) is 15.0. The van der Waals surface area contributed by atoms with E-state index in [1.54, 1.807) is 0 Å². The second-order valence-electron chi connectivity index (χ2n) is 4.40. The summed E-state index contributed by atoms with van der Waals surface area (Å²) < 4.78 is 53.0. The third-order valence-electron chi connectivity index (χ3n) is 3.17. The van der Waals surface area contributed by atoms with E-state index in [1.807, 2.05) is 0 Å². The van der Waals surface area contributed by atoms with E-state index >= 15 is 0 Å². The first-order valence-electron chi connectivity index (χ1n) is 5.78. The first kappa shape index (κ1) is 14.2. The second kappa shape index (κ2) is 5.07. The molecule has 20 heavy (non-hydrogen) atoms. The molecule has 0 saturated carbocycles. The number of hydrogen-bond acceptors (Lipinski definition) is 1. The lowest BCUT2D eigenvalue weighted by molar-refractivity contribution is 0.103. The molecule has 0 bridgehead atoms. The van der Waals surface area contributed by atoms with Crippen LogP contribution in [0.1, 0.15) is 27.0 Å². The van der Waals surface area contributed by atoms with Crippen LogP contribution in [0.25, 0.3) is 0 Å². The van der Waals surface area contributed by atoms with Crippen LogP contribution in [0.2, 0.25) is 0 Å². The minimum Gasteiger partial charge on any atom is -0.289 e. The van der Waals surface area contributed by atoms with Gasteiger partial charge in [-0.05, 0) is 49.2 Å². The molecule has 0 radical (unpaired) electrons. The third kappa shape index (κ3) is 2.19. The highest BCUT2D eigenvalue weighted by Gasteiger charge is 2.20. The maximum absolute atomic E-state index is 13.4. The van der Waals surface area contributed by atoms with Crippen LogP contribution in [0.15, 0.2) is 24.3 Å². The van der Waals surface area contributed by atoms with Gasteiger partial charge in [-0.3, -0.25) is 4.79 Å². The summed E-state index contributed by atoms with van der Waals surface area (Å²) in [7, 11) is 0. The Morgan fingerprint density at radius 2 is 1.10 bits per heavy atom. The molecule has 0 fully saturated rings. The predicted molar refractivity (Wildman–Crippen MR) is 65.6 cm³/mol. The lowest BCUT2D eigenvalue weighted by Crippen LogP contribution is -2.09. The van der Waals surface area contributed by atoms with Crippen molar-refractivity contribution in [2.75, 3.05) is 0 Å². The molecule has 0 atom stereocenters. The third-order valence-corrected chi connectivity index (χ3v) is 3.17. The summed E-state index contributed by atoms with van der Waals surface area (Å²) in [6.07, 6.45) is 0. The molecule has 0 saturated heterocycles. The first-order chi connectivity index (χ1) is 9.34. The van der Waals surface area contributed by atoms with Gasteiger partial charge < -0.3 is 0 Å². The maximum Gasteiger partial charge on any atom is 0.193 e. The van der Waals surface area contributed by atoms with E-state index in [0.717, 1.165) is 24.3 Å². The van der Waals surface area contributed by atoms with Gasteiger partial charge in [-0.25, -0.2) is 17.6 Å². The molecule has 0 spiro atoms. The molecule has 2 aromatic rings. The molecule has 0 N–H and O–H groups in total. The van der Waals surface area contributed by atoms with Crippen molar-refractivity contribution in [3.05, 3.63) is 69.8 Å². The van der Waals surface area contributed by atoms with Crippen LogP contribution in [-0.2, 0) is 0 Å². The molecule has 0 heterocycles. The number of carbonyl (C=O) groups is 1. The van der Waals surface area contributed by atoms with Gasteiger partial charge in [-0.1, -0.05) is 0 Å². The van der Waals surface area contributed by atoms with Crippen molar-refractivity contribution in [3.8, 4) is 0 Å². The number of halogens is 4. The summed E-state index contributed by atoms with van der Waals surface area (Å²) in [6.45, 7) is 2.50. The van der Waals surface area contributed by atoms with E-state index in [4.69, 9.17) is 0 Å². The van der Waals surface area contributed by atoms with Gasteiger partial charge >= 0.3 is 0 Å². The van der Waals surface area contributed by atoms with Crippen LogP contribution in [-0.4, -0.2) is 5.78 Å². The van der Waals surface area contributed by atoms with E-state index in [9.17, 15) is 22.4 Å². The topological polar surface area (TPSA) is 17.1 Å². The van der Waals surface area contributed by atoms with Gasteiger partial charge in [-0.2, -0.15) is 0 Å². The fraction of sp³-hybridized carbons (Fsp3) is 0.133. The highest BCUT2D eigenvalue weighted by atomic mass is 19.2. The maximum atomic E-state index is 13.4. The molecular formula is C15H10F4O. The van der Waals surface area contributed by atoms with Crippen molar-refractivity contribution in [1.29, 1.82) is 0 Å². The number of ketones is 1. The SMILES string of the molecule is Cc1c(C(=O)c2ccc(F)c(F)c2C)ccc(F)c1F. The summed E-state index contributed by atoms with van der Waals surface area (Å²) in [5.74, 6) is -5.08. The van der Waals surface area contributed by atoms with E-state index in [-0.39, 0.29) is 22.3 Å². The van der Waals surface area contributed by atoms with Crippen molar-refractivity contribution in [3.63, 3.8) is 0 Å². The van der Waals surface area contributed by atoms with E-state index < -0.39 is 29.1 Å². The van der Waals surface area contributed by atoms with E-state index in [2.05, 4.69) is 0 Å². The van der Waals surface area contributed by atoms with E-state index in [0.29, 0.717) is 0 Å². The minimum absolute atomic E-state index is 0.0852.